The summed E-state index contributed by atoms with van der Waals surface area (Å²) in [5.41, 5.74) is -0.0389. The lowest BCUT2D eigenvalue weighted by Crippen LogP contribution is -2.52. The van der Waals surface area contributed by atoms with E-state index in [1.54, 1.807) is 4.90 Å². The molecule has 3 aliphatic heterocycles. The zero-order valence-electron chi connectivity index (χ0n) is 15.5. The minimum Gasteiger partial charge on any atom is -0.377 e. The first-order chi connectivity index (χ1) is 14.2. The van der Waals surface area contributed by atoms with Crippen molar-refractivity contribution in [2.75, 3.05) is 29.6 Å². The molecule has 2 bridgehead atoms. The maximum absolute atomic E-state index is 13.8. The number of nitrogens with zero attached hydrogens (tertiary/aromatic N) is 6. The molecule has 0 saturated carbocycles. The fourth-order valence-corrected chi connectivity index (χ4v) is 4.37. The van der Waals surface area contributed by atoms with Crippen molar-refractivity contribution in [3.8, 4) is 0 Å². The smallest absolute Gasteiger partial charge is 0.377 e. The van der Waals surface area contributed by atoms with Crippen LogP contribution in [0.3, 0.4) is 0 Å². The first-order valence-electron chi connectivity index (χ1n) is 9.40. The van der Waals surface area contributed by atoms with E-state index >= 15 is 0 Å². The summed E-state index contributed by atoms with van der Waals surface area (Å²) in [6.07, 6.45) is -3.80. The highest BCUT2D eigenvalue weighted by Gasteiger charge is 2.48. The van der Waals surface area contributed by atoms with Crippen molar-refractivity contribution in [2.24, 2.45) is 0 Å². The van der Waals surface area contributed by atoms with Gasteiger partial charge >= 0.3 is 12.7 Å². The van der Waals surface area contributed by atoms with Gasteiger partial charge in [0.2, 0.25) is 5.95 Å². The SMILES string of the molecule is O=c1cc2nc3n1CCC(C(F)(F)F)N3Cc1nn(C(F)F)cc1C1COCCN21. The topological polar surface area (TPSA) is 68.4 Å². The van der Waals surface area contributed by atoms with E-state index in [9.17, 15) is 26.7 Å². The second-order valence-electron chi connectivity index (χ2n) is 7.45. The summed E-state index contributed by atoms with van der Waals surface area (Å²) in [6.45, 7) is -2.74. The fraction of sp³-hybridized carbons (Fsp3) is 0.588. The first-order valence-corrected chi connectivity index (χ1v) is 9.40. The average molecular weight is 432 g/mol. The quantitative estimate of drug-likeness (QED) is 0.643. The molecule has 1 saturated heterocycles. The van der Waals surface area contributed by atoms with Crippen LogP contribution in [-0.4, -0.2) is 51.3 Å². The predicted octanol–water partition coefficient (Wildman–Crippen LogP) is 2.07. The normalized spacial score (nSPS) is 23.5. The third-order valence-electron chi connectivity index (χ3n) is 5.75. The Morgan fingerprint density at radius 2 is 2.00 bits per heavy atom. The van der Waals surface area contributed by atoms with Crippen LogP contribution in [0.25, 0.3) is 0 Å². The van der Waals surface area contributed by atoms with E-state index in [2.05, 4.69) is 10.1 Å². The number of anilines is 2. The average Bonchev–Trinajstić information content (AvgIpc) is 3.12. The van der Waals surface area contributed by atoms with Crippen LogP contribution in [0.1, 0.15) is 30.3 Å². The van der Waals surface area contributed by atoms with Gasteiger partial charge in [-0.3, -0.25) is 9.36 Å². The molecule has 0 N–H and O–H groups in total. The molecule has 0 aromatic carbocycles. The van der Waals surface area contributed by atoms with E-state index in [1.165, 1.54) is 10.6 Å². The van der Waals surface area contributed by atoms with Crippen molar-refractivity contribution in [3.05, 3.63) is 33.9 Å². The van der Waals surface area contributed by atoms with Gasteiger partial charge in [0.05, 0.1) is 31.5 Å². The van der Waals surface area contributed by atoms with E-state index < -0.39 is 36.9 Å². The lowest BCUT2D eigenvalue weighted by atomic mass is 10.0. The summed E-state index contributed by atoms with van der Waals surface area (Å²) < 4.78 is 75.2. The number of hydrogen-bond donors (Lipinski definition) is 0. The van der Waals surface area contributed by atoms with Crippen molar-refractivity contribution in [1.29, 1.82) is 0 Å². The molecule has 3 aliphatic rings. The van der Waals surface area contributed by atoms with E-state index in [1.807, 2.05) is 0 Å². The molecule has 2 unspecified atom stereocenters. The van der Waals surface area contributed by atoms with Crippen LogP contribution in [0.4, 0.5) is 33.7 Å². The van der Waals surface area contributed by atoms with Gasteiger partial charge in [0.25, 0.3) is 5.56 Å². The molecular formula is C17H17F5N6O2. The van der Waals surface area contributed by atoms with E-state index in [4.69, 9.17) is 4.74 Å². The van der Waals surface area contributed by atoms with Crippen LogP contribution < -0.4 is 15.4 Å². The van der Waals surface area contributed by atoms with Crippen LogP contribution in [-0.2, 0) is 17.8 Å². The number of rotatable bonds is 1. The Morgan fingerprint density at radius 1 is 1.20 bits per heavy atom. The van der Waals surface area contributed by atoms with Gasteiger partial charge in [-0.25, -0.2) is 4.68 Å². The van der Waals surface area contributed by atoms with Crippen LogP contribution in [0.5, 0.6) is 0 Å². The van der Waals surface area contributed by atoms with Crippen molar-refractivity contribution in [2.45, 2.75) is 44.3 Å². The number of morpholine rings is 1. The highest BCUT2D eigenvalue weighted by molar-refractivity contribution is 5.51. The third kappa shape index (κ3) is 2.94. The highest BCUT2D eigenvalue weighted by atomic mass is 19.4. The number of halogens is 5. The predicted molar refractivity (Wildman–Crippen MR) is 93.5 cm³/mol. The van der Waals surface area contributed by atoms with Gasteiger partial charge in [-0.05, 0) is 6.42 Å². The van der Waals surface area contributed by atoms with Gasteiger partial charge in [-0.1, -0.05) is 0 Å². The number of aromatic nitrogens is 4. The molecule has 5 rings (SSSR count). The number of alkyl halides is 5. The van der Waals surface area contributed by atoms with Gasteiger partial charge in [-0.15, -0.1) is 0 Å². The molecule has 0 amide bonds. The summed E-state index contributed by atoms with van der Waals surface area (Å²) in [4.78, 5) is 19.7. The molecule has 2 atom stereocenters. The minimum absolute atomic E-state index is 0.0789. The zero-order chi connectivity index (χ0) is 21.2. The van der Waals surface area contributed by atoms with Crippen molar-refractivity contribution in [3.63, 3.8) is 0 Å². The fourth-order valence-electron chi connectivity index (χ4n) is 4.37. The van der Waals surface area contributed by atoms with Gasteiger partial charge in [0, 0.05) is 30.9 Å². The Kier molecular flexibility index (Phi) is 4.27. The monoisotopic (exact) mass is 432 g/mol. The highest BCUT2D eigenvalue weighted by Crippen LogP contribution is 2.39. The Balaban J connectivity index is 1.75. The third-order valence-corrected chi connectivity index (χ3v) is 5.75. The summed E-state index contributed by atoms with van der Waals surface area (Å²) in [6, 6.07) is -1.23. The van der Waals surface area contributed by atoms with Crippen molar-refractivity contribution in [1.82, 2.24) is 19.3 Å². The Labute approximate surface area is 166 Å². The van der Waals surface area contributed by atoms with Crippen molar-refractivity contribution >= 4 is 11.8 Å². The summed E-state index contributed by atoms with van der Waals surface area (Å²) in [5, 5.41) is 3.88. The minimum atomic E-state index is -4.59. The Morgan fingerprint density at radius 3 is 2.73 bits per heavy atom. The molecule has 8 nitrogen and oxygen atoms in total. The molecule has 13 heteroatoms. The summed E-state index contributed by atoms with van der Waals surface area (Å²) in [7, 11) is 0. The maximum Gasteiger partial charge on any atom is 0.408 e. The van der Waals surface area contributed by atoms with E-state index in [0.29, 0.717) is 23.4 Å². The molecule has 0 radical (unpaired) electrons. The van der Waals surface area contributed by atoms with Crippen LogP contribution in [0, 0.1) is 0 Å². The van der Waals surface area contributed by atoms with E-state index in [0.717, 1.165) is 11.1 Å². The van der Waals surface area contributed by atoms with Gasteiger partial charge in [0.15, 0.2) is 0 Å². The molecule has 2 aromatic heterocycles. The molecule has 1 fully saturated rings. The number of ether oxygens (including phenoxy) is 1. The lowest BCUT2D eigenvalue weighted by molar-refractivity contribution is -0.153. The maximum atomic E-state index is 13.8. The molecule has 162 valence electrons. The molecular weight excluding hydrogens is 415 g/mol. The molecule has 2 aromatic rings. The summed E-state index contributed by atoms with van der Waals surface area (Å²) in [5.74, 6) is 0.0702. The van der Waals surface area contributed by atoms with Gasteiger partial charge in [-0.2, -0.15) is 32.0 Å². The molecule has 0 aliphatic carbocycles. The second-order valence-corrected chi connectivity index (χ2v) is 7.45. The standard InChI is InChI=1S/C17H17F5N6O2/c18-15(19)28-6-9-10(24-28)7-27-12(17(20,21)22)1-2-26-14(29)5-13(23-16(26)27)25-3-4-30-8-11(9)25/h5-6,11-12,15H,1-4,7-8H2. The Bertz CT molecular complexity index is 1030. The van der Waals surface area contributed by atoms with Gasteiger partial charge < -0.3 is 14.5 Å². The first kappa shape index (κ1) is 19.3. The number of hydrogen-bond acceptors (Lipinski definition) is 6. The van der Waals surface area contributed by atoms with Crippen LogP contribution >= 0.6 is 0 Å². The van der Waals surface area contributed by atoms with Crippen LogP contribution in [0.2, 0.25) is 0 Å². The summed E-state index contributed by atoms with van der Waals surface area (Å²) >= 11 is 0. The Hall–Kier alpha value is -2.70. The van der Waals surface area contributed by atoms with E-state index in [-0.39, 0.29) is 37.0 Å². The second kappa shape index (κ2) is 6.65. The molecule has 5 heterocycles. The largest absolute Gasteiger partial charge is 0.408 e. The lowest BCUT2D eigenvalue weighted by Gasteiger charge is -2.39. The molecule has 30 heavy (non-hydrogen) atoms. The number of fused-ring (bicyclic) bond motifs is 5. The van der Waals surface area contributed by atoms with Crippen LogP contribution in [0.15, 0.2) is 17.1 Å². The van der Waals surface area contributed by atoms with Crippen molar-refractivity contribution < 1.29 is 26.7 Å². The van der Waals surface area contributed by atoms with Gasteiger partial charge in [0.1, 0.15) is 11.9 Å². The zero-order valence-corrected chi connectivity index (χ0v) is 15.5. The molecule has 0 spiro atoms.